The Morgan fingerprint density at radius 3 is 2.67 bits per heavy atom. The molecule has 0 spiro atoms. The second-order valence-electron chi connectivity index (χ2n) is 6.11. The summed E-state index contributed by atoms with van der Waals surface area (Å²) in [7, 11) is 2.25. The van der Waals surface area contributed by atoms with E-state index in [1.54, 1.807) is 0 Å². The van der Waals surface area contributed by atoms with E-state index in [4.69, 9.17) is 4.74 Å². The van der Waals surface area contributed by atoms with Crippen LogP contribution in [-0.4, -0.2) is 50.3 Å². The molecule has 108 valence electrons. The van der Waals surface area contributed by atoms with Crippen LogP contribution in [0, 0.1) is 11.8 Å². The maximum atomic E-state index is 5.67. The molecule has 1 N–H and O–H groups in total. The molecule has 0 aromatic carbocycles. The van der Waals surface area contributed by atoms with Crippen LogP contribution in [0.25, 0.3) is 0 Å². The van der Waals surface area contributed by atoms with E-state index in [-0.39, 0.29) is 0 Å². The van der Waals surface area contributed by atoms with E-state index in [2.05, 4.69) is 45.0 Å². The SMILES string of the molecule is CCCNC1CCOCC1CN(C)C(C)C(C)C. The third-order valence-electron chi connectivity index (χ3n) is 4.31. The highest BCUT2D eigenvalue weighted by molar-refractivity contribution is 4.83. The van der Waals surface area contributed by atoms with Crippen molar-refractivity contribution < 1.29 is 4.74 Å². The summed E-state index contributed by atoms with van der Waals surface area (Å²) in [6.45, 7) is 13.2. The fraction of sp³-hybridized carbons (Fsp3) is 1.00. The normalized spacial score (nSPS) is 26.8. The van der Waals surface area contributed by atoms with Crippen molar-refractivity contribution in [2.24, 2.45) is 11.8 Å². The average Bonchev–Trinajstić information content (AvgIpc) is 2.36. The van der Waals surface area contributed by atoms with Gasteiger partial charge in [-0.15, -0.1) is 0 Å². The van der Waals surface area contributed by atoms with Gasteiger partial charge in [-0.3, -0.25) is 0 Å². The van der Waals surface area contributed by atoms with Crippen molar-refractivity contribution >= 4 is 0 Å². The van der Waals surface area contributed by atoms with E-state index >= 15 is 0 Å². The molecule has 3 atom stereocenters. The summed E-state index contributed by atoms with van der Waals surface area (Å²) < 4.78 is 5.67. The number of nitrogens with zero attached hydrogens (tertiary/aromatic N) is 1. The van der Waals surface area contributed by atoms with Crippen LogP contribution >= 0.6 is 0 Å². The lowest BCUT2D eigenvalue weighted by Crippen LogP contribution is -2.49. The van der Waals surface area contributed by atoms with Gasteiger partial charge < -0.3 is 15.0 Å². The minimum atomic E-state index is 0.636. The molecule has 1 heterocycles. The predicted octanol–water partition coefficient (Wildman–Crippen LogP) is 2.37. The van der Waals surface area contributed by atoms with Crippen LogP contribution in [0.2, 0.25) is 0 Å². The van der Waals surface area contributed by atoms with Gasteiger partial charge in [0.05, 0.1) is 6.61 Å². The Morgan fingerprint density at radius 2 is 2.06 bits per heavy atom. The van der Waals surface area contributed by atoms with Crippen LogP contribution in [0.1, 0.15) is 40.5 Å². The monoisotopic (exact) mass is 256 g/mol. The number of ether oxygens (including phenoxy) is 1. The van der Waals surface area contributed by atoms with Crippen molar-refractivity contribution in [3.63, 3.8) is 0 Å². The van der Waals surface area contributed by atoms with Crippen molar-refractivity contribution in [3.05, 3.63) is 0 Å². The van der Waals surface area contributed by atoms with Gasteiger partial charge in [0.2, 0.25) is 0 Å². The van der Waals surface area contributed by atoms with Crippen LogP contribution in [0.4, 0.5) is 0 Å². The van der Waals surface area contributed by atoms with Gasteiger partial charge in [-0.05, 0) is 39.3 Å². The topological polar surface area (TPSA) is 24.5 Å². The summed E-state index contributed by atoms with van der Waals surface area (Å²) in [4.78, 5) is 2.49. The van der Waals surface area contributed by atoms with Crippen molar-refractivity contribution in [2.45, 2.75) is 52.6 Å². The molecule has 1 rings (SSSR count). The van der Waals surface area contributed by atoms with E-state index in [0.29, 0.717) is 23.9 Å². The van der Waals surface area contributed by atoms with Gasteiger partial charge in [-0.1, -0.05) is 20.8 Å². The van der Waals surface area contributed by atoms with Gasteiger partial charge in [0.25, 0.3) is 0 Å². The van der Waals surface area contributed by atoms with Crippen molar-refractivity contribution in [2.75, 3.05) is 33.4 Å². The first kappa shape index (κ1) is 15.9. The largest absolute Gasteiger partial charge is 0.381 e. The fourth-order valence-electron chi connectivity index (χ4n) is 2.62. The summed E-state index contributed by atoms with van der Waals surface area (Å²) >= 11 is 0. The molecule has 0 saturated carbocycles. The summed E-state index contributed by atoms with van der Waals surface area (Å²) in [6, 6.07) is 1.28. The number of rotatable bonds is 7. The van der Waals surface area contributed by atoms with Crippen LogP contribution in [0.3, 0.4) is 0 Å². The van der Waals surface area contributed by atoms with Gasteiger partial charge >= 0.3 is 0 Å². The number of hydrogen-bond acceptors (Lipinski definition) is 3. The van der Waals surface area contributed by atoms with Crippen molar-refractivity contribution in [1.82, 2.24) is 10.2 Å². The quantitative estimate of drug-likeness (QED) is 0.757. The van der Waals surface area contributed by atoms with Crippen molar-refractivity contribution in [3.8, 4) is 0 Å². The van der Waals surface area contributed by atoms with Crippen LogP contribution in [0.15, 0.2) is 0 Å². The maximum Gasteiger partial charge on any atom is 0.0521 e. The third kappa shape index (κ3) is 4.87. The first-order chi connectivity index (χ1) is 8.56. The summed E-state index contributed by atoms with van der Waals surface area (Å²) in [5, 5.41) is 3.69. The highest BCUT2D eigenvalue weighted by Gasteiger charge is 2.27. The Labute approximate surface area is 113 Å². The van der Waals surface area contributed by atoms with E-state index in [1.165, 1.54) is 6.42 Å². The molecular weight excluding hydrogens is 224 g/mol. The molecule has 1 aliphatic heterocycles. The van der Waals surface area contributed by atoms with E-state index in [9.17, 15) is 0 Å². The van der Waals surface area contributed by atoms with Gasteiger partial charge in [-0.25, -0.2) is 0 Å². The van der Waals surface area contributed by atoms with Crippen LogP contribution < -0.4 is 5.32 Å². The summed E-state index contributed by atoms with van der Waals surface area (Å²) in [5.41, 5.74) is 0. The predicted molar refractivity (Wildman–Crippen MR) is 77.9 cm³/mol. The molecule has 3 unspecified atom stereocenters. The van der Waals surface area contributed by atoms with E-state index in [0.717, 1.165) is 32.7 Å². The number of nitrogens with one attached hydrogen (secondary N) is 1. The summed E-state index contributed by atoms with van der Waals surface area (Å²) in [5.74, 6) is 1.35. The highest BCUT2D eigenvalue weighted by Crippen LogP contribution is 2.18. The zero-order chi connectivity index (χ0) is 13.5. The van der Waals surface area contributed by atoms with E-state index < -0.39 is 0 Å². The Bertz CT molecular complexity index is 221. The molecule has 1 fully saturated rings. The molecule has 0 radical (unpaired) electrons. The Balaban J connectivity index is 2.45. The Hall–Kier alpha value is -0.120. The van der Waals surface area contributed by atoms with Gasteiger partial charge in [0.15, 0.2) is 0 Å². The average molecular weight is 256 g/mol. The zero-order valence-electron chi connectivity index (χ0n) is 12.9. The molecule has 3 nitrogen and oxygen atoms in total. The molecule has 0 aromatic heterocycles. The lowest BCUT2D eigenvalue weighted by molar-refractivity contribution is 0.0128. The maximum absolute atomic E-state index is 5.67. The molecule has 3 heteroatoms. The van der Waals surface area contributed by atoms with Gasteiger partial charge in [0.1, 0.15) is 0 Å². The lowest BCUT2D eigenvalue weighted by atomic mass is 9.93. The minimum absolute atomic E-state index is 0.636. The Morgan fingerprint density at radius 1 is 1.33 bits per heavy atom. The lowest BCUT2D eigenvalue weighted by Gasteiger charge is -2.37. The molecule has 0 aromatic rings. The van der Waals surface area contributed by atoms with Gasteiger partial charge in [-0.2, -0.15) is 0 Å². The van der Waals surface area contributed by atoms with Crippen LogP contribution in [-0.2, 0) is 4.74 Å². The van der Waals surface area contributed by atoms with Crippen LogP contribution in [0.5, 0.6) is 0 Å². The van der Waals surface area contributed by atoms with E-state index in [1.807, 2.05) is 0 Å². The van der Waals surface area contributed by atoms with Gasteiger partial charge in [0, 0.05) is 31.2 Å². The standard InChI is InChI=1S/C15H32N2O/c1-6-8-16-15-7-9-18-11-14(15)10-17(5)13(4)12(2)3/h12-16H,6-11H2,1-5H3. The third-order valence-corrected chi connectivity index (χ3v) is 4.31. The molecule has 0 amide bonds. The first-order valence-corrected chi connectivity index (χ1v) is 7.57. The minimum Gasteiger partial charge on any atom is -0.381 e. The Kier molecular flexibility index (Phi) is 7.20. The molecule has 1 saturated heterocycles. The second-order valence-corrected chi connectivity index (χ2v) is 6.11. The molecule has 0 aliphatic carbocycles. The molecule has 1 aliphatic rings. The molecule has 18 heavy (non-hydrogen) atoms. The number of hydrogen-bond donors (Lipinski definition) is 1. The summed E-state index contributed by atoms with van der Waals surface area (Å²) in [6.07, 6.45) is 2.37. The van der Waals surface area contributed by atoms with Crippen molar-refractivity contribution in [1.29, 1.82) is 0 Å². The fourth-order valence-corrected chi connectivity index (χ4v) is 2.62. The first-order valence-electron chi connectivity index (χ1n) is 7.57. The second kappa shape index (κ2) is 8.13. The zero-order valence-corrected chi connectivity index (χ0v) is 12.9. The highest BCUT2D eigenvalue weighted by atomic mass is 16.5. The molecular formula is C15H32N2O. The molecule has 0 bridgehead atoms. The smallest absolute Gasteiger partial charge is 0.0521 e.